The van der Waals surface area contributed by atoms with Gasteiger partial charge in [-0.05, 0) is 25.1 Å². The van der Waals surface area contributed by atoms with E-state index in [4.69, 9.17) is 10.00 Å². The number of fused-ring (bicyclic) bond motifs is 1. The first-order valence-electron chi connectivity index (χ1n) is 5.28. The number of rotatable bonds is 3. The van der Waals surface area contributed by atoms with E-state index in [1.165, 1.54) is 18.3 Å². The van der Waals surface area contributed by atoms with Crippen molar-refractivity contribution in [2.75, 3.05) is 6.61 Å². The van der Waals surface area contributed by atoms with Crippen molar-refractivity contribution in [3.05, 3.63) is 40.1 Å². The molecule has 0 aliphatic carbocycles. The fraction of sp³-hybridized carbons (Fsp3) is 0.167. The predicted octanol–water partition coefficient (Wildman–Crippen LogP) is 2.41. The van der Waals surface area contributed by atoms with Gasteiger partial charge in [0.15, 0.2) is 5.75 Å². The normalized spacial score (nSPS) is 10.0. The third-order valence-electron chi connectivity index (χ3n) is 2.45. The van der Waals surface area contributed by atoms with E-state index in [1.807, 2.05) is 6.07 Å². The number of nitro groups is 1. The van der Waals surface area contributed by atoms with Crippen molar-refractivity contribution in [1.82, 2.24) is 4.98 Å². The number of ether oxygens (including phenoxy) is 1. The summed E-state index contributed by atoms with van der Waals surface area (Å²) >= 11 is 0. The maximum absolute atomic E-state index is 11.2. The van der Waals surface area contributed by atoms with Gasteiger partial charge in [0.2, 0.25) is 0 Å². The monoisotopic (exact) mass is 243 g/mol. The third-order valence-corrected chi connectivity index (χ3v) is 2.45. The van der Waals surface area contributed by atoms with Gasteiger partial charge in [0.25, 0.3) is 0 Å². The molecule has 6 nitrogen and oxygen atoms in total. The second-order valence-electron chi connectivity index (χ2n) is 3.47. The van der Waals surface area contributed by atoms with E-state index in [-0.39, 0.29) is 22.4 Å². The molecule has 0 saturated carbocycles. The number of benzene rings is 1. The Morgan fingerprint density at radius 1 is 1.50 bits per heavy atom. The minimum Gasteiger partial charge on any atom is -0.487 e. The number of nitriles is 1. The van der Waals surface area contributed by atoms with Crippen LogP contribution in [0.4, 0.5) is 5.69 Å². The fourth-order valence-corrected chi connectivity index (χ4v) is 1.76. The van der Waals surface area contributed by atoms with Crippen LogP contribution < -0.4 is 4.74 Å². The number of aromatic nitrogens is 1. The van der Waals surface area contributed by atoms with E-state index in [9.17, 15) is 10.1 Å². The molecule has 0 atom stereocenters. The summed E-state index contributed by atoms with van der Waals surface area (Å²) in [7, 11) is 0. The molecule has 1 aromatic heterocycles. The fourth-order valence-electron chi connectivity index (χ4n) is 1.76. The standard InChI is InChI=1S/C12H9N3O3/c1-2-18-10-4-3-9-11(12(10)15(16)17)8(7-13)5-6-14-9/h3-6H,2H2,1H3. The summed E-state index contributed by atoms with van der Waals surface area (Å²) in [4.78, 5) is 14.6. The van der Waals surface area contributed by atoms with Crippen molar-refractivity contribution in [3.63, 3.8) is 0 Å². The van der Waals surface area contributed by atoms with Crippen molar-refractivity contribution in [1.29, 1.82) is 5.26 Å². The zero-order valence-electron chi connectivity index (χ0n) is 9.58. The molecule has 0 aliphatic rings. The van der Waals surface area contributed by atoms with Gasteiger partial charge in [0.05, 0.1) is 28.0 Å². The molecule has 1 aromatic carbocycles. The van der Waals surface area contributed by atoms with Crippen LogP contribution in [0.2, 0.25) is 0 Å². The highest BCUT2D eigenvalue weighted by Crippen LogP contribution is 2.36. The molecule has 1 heterocycles. The van der Waals surface area contributed by atoms with E-state index >= 15 is 0 Å². The molecule has 0 aliphatic heterocycles. The van der Waals surface area contributed by atoms with Crippen molar-refractivity contribution in [2.45, 2.75) is 6.92 Å². The van der Waals surface area contributed by atoms with Gasteiger partial charge in [0.1, 0.15) is 6.07 Å². The van der Waals surface area contributed by atoms with E-state index in [0.29, 0.717) is 12.1 Å². The second-order valence-corrected chi connectivity index (χ2v) is 3.47. The summed E-state index contributed by atoms with van der Waals surface area (Å²) in [6.45, 7) is 2.05. The molecule has 18 heavy (non-hydrogen) atoms. The molecule has 0 bridgehead atoms. The first-order valence-corrected chi connectivity index (χ1v) is 5.28. The van der Waals surface area contributed by atoms with E-state index in [1.54, 1.807) is 13.0 Å². The third kappa shape index (κ3) is 1.82. The van der Waals surface area contributed by atoms with Crippen LogP contribution in [0, 0.1) is 21.4 Å². The molecule has 0 unspecified atom stereocenters. The molecule has 0 radical (unpaired) electrons. The Morgan fingerprint density at radius 2 is 2.28 bits per heavy atom. The summed E-state index contributed by atoms with van der Waals surface area (Å²) in [5.74, 6) is 0.152. The van der Waals surface area contributed by atoms with Crippen molar-refractivity contribution < 1.29 is 9.66 Å². The first kappa shape index (κ1) is 11.8. The molecule has 90 valence electrons. The Balaban J connectivity index is 2.88. The first-order chi connectivity index (χ1) is 8.69. The average molecular weight is 243 g/mol. The van der Waals surface area contributed by atoms with Crippen LogP contribution in [0.3, 0.4) is 0 Å². The van der Waals surface area contributed by atoms with E-state index < -0.39 is 4.92 Å². The maximum atomic E-state index is 11.2. The summed E-state index contributed by atoms with van der Waals surface area (Å²) < 4.78 is 5.23. The lowest BCUT2D eigenvalue weighted by Gasteiger charge is -2.07. The van der Waals surface area contributed by atoms with Crippen LogP contribution in [0.5, 0.6) is 5.75 Å². The Bertz CT molecular complexity index is 661. The Kier molecular flexibility index (Phi) is 3.06. The number of hydrogen-bond acceptors (Lipinski definition) is 5. The van der Waals surface area contributed by atoms with Gasteiger partial charge >= 0.3 is 5.69 Å². The number of hydrogen-bond donors (Lipinski definition) is 0. The smallest absolute Gasteiger partial charge is 0.321 e. The molecule has 6 heteroatoms. The molecule has 2 rings (SSSR count). The summed E-state index contributed by atoms with van der Waals surface area (Å²) in [5.41, 5.74) is 0.413. The lowest BCUT2D eigenvalue weighted by molar-refractivity contribution is -0.384. The minimum atomic E-state index is -0.546. The highest BCUT2D eigenvalue weighted by atomic mass is 16.6. The van der Waals surface area contributed by atoms with Gasteiger partial charge in [-0.3, -0.25) is 15.1 Å². The van der Waals surface area contributed by atoms with Crippen molar-refractivity contribution >= 4 is 16.6 Å². The Hall–Kier alpha value is -2.68. The van der Waals surface area contributed by atoms with Gasteiger partial charge < -0.3 is 4.74 Å². The lowest BCUT2D eigenvalue weighted by Crippen LogP contribution is -1.99. The molecular formula is C12H9N3O3. The van der Waals surface area contributed by atoms with Gasteiger partial charge in [-0.1, -0.05) is 0 Å². The summed E-state index contributed by atoms with van der Waals surface area (Å²) in [6, 6.07) is 6.49. The minimum absolute atomic E-state index is 0.152. The van der Waals surface area contributed by atoms with Crippen LogP contribution in [0.15, 0.2) is 24.4 Å². The van der Waals surface area contributed by atoms with Crippen LogP contribution in [-0.2, 0) is 0 Å². The van der Waals surface area contributed by atoms with E-state index in [0.717, 1.165) is 0 Å². The molecule has 0 saturated heterocycles. The zero-order valence-corrected chi connectivity index (χ0v) is 9.58. The molecule has 0 fully saturated rings. The van der Waals surface area contributed by atoms with Crippen LogP contribution in [0.1, 0.15) is 12.5 Å². The number of nitrogens with zero attached hydrogens (tertiary/aromatic N) is 3. The molecular weight excluding hydrogens is 234 g/mol. The van der Waals surface area contributed by atoms with Crippen molar-refractivity contribution in [2.24, 2.45) is 0 Å². The molecule has 0 spiro atoms. The zero-order chi connectivity index (χ0) is 13.1. The average Bonchev–Trinajstić information content (AvgIpc) is 2.37. The van der Waals surface area contributed by atoms with E-state index in [2.05, 4.69) is 4.98 Å². The predicted molar refractivity (Wildman–Crippen MR) is 64.3 cm³/mol. The number of pyridine rings is 1. The Labute approximate surface area is 103 Å². The summed E-state index contributed by atoms with van der Waals surface area (Å²) in [6.07, 6.45) is 1.45. The molecule has 2 aromatic rings. The van der Waals surface area contributed by atoms with Gasteiger partial charge in [0, 0.05) is 6.20 Å². The van der Waals surface area contributed by atoms with Crippen LogP contribution >= 0.6 is 0 Å². The molecule has 0 amide bonds. The van der Waals surface area contributed by atoms with Gasteiger partial charge in [-0.25, -0.2) is 0 Å². The quantitative estimate of drug-likeness (QED) is 0.610. The second kappa shape index (κ2) is 4.67. The number of nitro benzene ring substituents is 1. The highest BCUT2D eigenvalue weighted by molar-refractivity contribution is 5.95. The van der Waals surface area contributed by atoms with Crippen molar-refractivity contribution in [3.8, 4) is 11.8 Å². The van der Waals surface area contributed by atoms with Crippen LogP contribution in [0.25, 0.3) is 10.9 Å². The van der Waals surface area contributed by atoms with Gasteiger partial charge in [-0.2, -0.15) is 5.26 Å². The SMILES string of the molecule is CCOc1ccc2nccc(C#N)c2c1[N+](=O)[O-]. The summed E-state index contributed by atoms with van der Waals surface area (Å²) in [5, 5.41) is 20.4. The highest BCUT2D eigenvalue weighted by Gasteiger charge is 2.22. The maximum Gasteiger partial charge on any atom is 0.321 e. The lowest BCUT2D eigenvalue weighted by atomic mass is 10.1. The van der Waals surface area contributed by atoms with Crippen LogP contribution in [-0.4, -0.2) is 16.5 Å². The van der Waals surface area contributed by atoms with Gasteiger partial charge in [-0.15, -0.1) is 0 Å². The Morgan fingerprint density at radius 3 is 2.89 bits per heavy atom. The largest absolute Gasteiger partial charge is 0.487 e. The molecule has 0 N–H and O–H groups in total. The topological polar surface area (TPSA) is 89.0 Å².